The van der Waals surface area contributed by atoms with Crippen molar-refractivity contribution < 1.29 is 13.5 Å². The van der Waals surface area contributed by atoms with Crippen LogP contribution >= 0.6 is 0 Å². The normalized spacial score (nSPS) is 13.3. The van der Waals surface area contributed by atoms with Gasteiger partial charge in [0.25, 0.3) is 0 Å². The Labute approximate surface area is 128 Å². The first-order valence-electron chi connectivity index (χ1n) is 7.75. The molecule has 0 amide bonds. The Morgan fingerprint density at radius 3 is 2.48 bits per heavy atom. The number of benzene rings is 1. The van der Waals surface area contributed by atoms with E-state index < -0.39 is 16.1 Å². The molecule has 0 saturated heterocycles. The maximum atomic E-state index is 12.1. The molecule has 1 unspecified atom stereocenters. The molecular weight excluding hydrogens is 286 g/mol. The van der Waals surface area contributed by atoms with Gasteiger partial charge < -0.3 is 5.11 Å². The summed E-state index contributed by atoms with van der Waals surface area (Å²) in [5, 5.41) is 9.52. The summed E-state index contributed by atoms with van der Waals surface area (Å²) in [5.74, 6) is 0. The molecule has 1 atom stereocenters. The van der Waals surface area contributed by atoms with E-state index in [0.717, 1.165) is 19.3 Å². The third-order valence-corrected chi connectivity index (χ3v) is 4.93. The smallest absolute Gasteiger partial charge is 0.240 e. The average Bonchev–Trinajstić information content (AvgIpc) is 2.46. The van der Waals surface area contributed by atoms with Crippen molar-refractivity contribution in [1.82, 2.24) is 4.72 Å². The van der Waals surface area contributed by atoms with Gasteiger partial charge in [0.1, 0.15) is 0 Å². The lowest BCUT2D eigenvalue weighted by Crippen LogP contribution is -2.24. The van der Waals surface area contributed by atoms with Crippen LogP contribution in [0.1, 0.15) is 64.0 Å². The lowest BCUT2D eigenvalue weighted by atomic mass is 10.1. The second kappa shape index (κ2) is 9.18. The van der Waals surface area contributed by atoms with Crippen molar-refractivity contribution in [3.63, 3.8) is 0 Å². The topological polar surface area (TPSA) is 66.4 Å². The van der Waals surface area contributed by atoms with Crippen LogP contribution in [-0.4, -0.2) is 20.1 Å². The van der Waals surface area contributed by atoms with Gasteiger partial charge in [0.2, 0.25) is 10.0 Å². The van der Waals surface area contributed by atoms with E-state index in [0.29, 0.717) is 12.1 Å². The van der Waals surface area contributed by atoms with Crippen molar-refractivity contribution in [2.75, 3.05) is 6.54 Å². The summed E-state index contributed by atoms with van der Waals surface area (Å²) in [6.45, 7) is 4.26. The van der Waals surface area contributed by atoms with Gasteiger partial charge in [0.15, 0.2) is 0 Å². The summed E-state index contributed by atoms with van der Waals surface area (Å²) in [5.41, 5.74) is 0.609. The lowest BCUT2D eigenvalue weighted by molar-refractivity contribution is 0.199. The zero-order chi connectivity index (χ0) is 15.7. The van der Waals surface area contributed by atoms with Gasteiger partial charge in [-0.1, -0.05) is 51.2 Å². The Balaban J connectivity index is 2.45. The summed E-state index contributed by atoms with van der Waals surface area (Å²) >= 11 is 0. The molecule has 0 aliphatic rings. The molecule has 0 aliphatic carbocycles. The Bertz CT molecular complexity index is 512. The molecule has 0 fully saturated rings. The Morgan fingerprint density at radius 1 is 1.14 bits per heavy atom. The highest BCUT2D eigenvalue weighted by atomic mass is 32.2. The molecule has 1 aromatic rings. The molecule has 21 heavy (non-hydrogen) atoms. The third-order valence-electron chi connectivity index (χ3n) is 3.47. The molecule has 0 aromatic heterocycles. The van der Waals surface area contributed by atoms with E-state index in [2.05, 4.69) is 11.6 Å². The van der Waals surface area contributed by atoms with Crippen molar-refractivity contribution in [2.24, 2.45) is 0 Å². The van der Waals surface area contributed by atoms with Crippen molar-refractivity contribution in [3.05, 3.63) is 29.8 Å². The highest BCUT2D eigenvalue weighted by Gasteiger charge is 2.14. The molecule has 0 radical (unpaired) electrons. The maximum absolute atomic E-state index is 12.1. The van der Waals surface area contributed by atoms with Crippen LogP contribution in [0.3, 0.4) is 0 Å². The number of sulfonamides is 1. The summed E-state index contributed by atoms with van der Waals surface area (Å²) < 4.78 is 26.9. The molecule has 2 N–H and O–H groups in total. The minimum Gasteiger partial charge on any atom is -0.389 e. The van der Waals surface area contributed by atoms with Gasteiger partial charge in [-0.15, -0.1) is 0 Å². The van der Waals surface area contributed by atoms with E-state index in [1.54, 1.807) is 25.1 Å². The molecule has 120 valence electrons. The van der Waals surface area contributed by atoms with Gasteiger partial charge in [0, 0.05) is 6.54 Å². The van der Waals surface area contributed by atoms with Gasteiger partial charge in [0.05, 0.1) is 11.0 Å². The first-order chi connectivity index (χ1) is 9.97. The van der Waals surface area contributed by atoms with Crippen LogP contribution in [0.5, 0.6) is 0 Å². The van der Waals surface area contributed by atoms with E-state index in [4.69, 9.17) is 0 Å². The Kier molecular flexibility index (Phi) is 7.93. The highest BCUT2D eigenvalue weighted by Crippen LogP contribution is 2.17. The van der Waals surface area contributed by atoms with Gasteiger partial charge >= 0.3 is 0 Å². The fraction of sp³-hybridized carbons (Fsp3) is 0.625. The van der Waals surface area contributed by atoms with Crippen LogP contribution in [-0.2, 0) is 10.0 Å². The monoisotopic (exact) mass is 313 g/mol. The molecule has 0 saturated carbocycles. The Hall–Kier alpha value is -0.910. The molecular formula is C16H27NO3S. The van der Waals surface area contributed by atoms with E-state index in [-0.39, 0.29) is 4.90 Å². The minimum absolute atomic E-state index is 0.215. The SMILES string of the molecule is CCCCCCCCNS(=O)(=O)c1cccc(C(C)O)c1. The first kappa shape index (κ1) is 18.1. The predicted octanol–water partition coefficient (Wildman–Crippen LogP) is 3.38. The molecule has 0 spiro atoms. The largest absolute Gasteiger partial charge is 0.389 e. The summed E-state index contributed by atoms with van der Waals surface area (Å²) in [6.07, 6.45) is 6.09. The second-order valence-corrected chi connectivity index (χ2v) is 7.18. The van der Waals surface area contributed by atoms with Crippen molar-refractivity contribution in [3.8, 4) is 0 Å². The molecule has 1 rings (SSSR count). The summed E-state index contributed by atoms with van der Waals surface area (Å²) in [7, 11) is -3.47. The quantitative estimate of drug-likeness (QED) is 0.651. The van der Waals surface area contributed by atoms with Gasteiger partial charge in [-0.05, 0) is 31.0 Å². The highest BCUT2D eigenvalue weighted by molar-refractivity contribution is 7.89. The Morgan fingerprint density at radius 2 is 1.81 bits per heavy atom. The second-order valence-electron chi connectivity index (χ2n) is 5.41. The molecule has 4 nitrogen and oxygen atoms in total. The fourth-order valence-electron chi connectivity index (χ4n) is 2.14. The van der Waals surface area contributed by atoms with E-state index in [1.165, 1.54) is 25.3 Å². The lowest BCUT2D eigenvalue weighted by Gasteiger charge is -2.09. The predicted molar refractivity (Wildman–Crippen MR) is 85.6 cm³/mol. The van der Waals surface area contributed by atoms with Crippen LogP contribution in [0.4, 0.5) is 0 Å². The number of hydrogen-bond donors (Lipinski definition) is 2. The van der Waals surface area contributed by atoms with Crippen molar-refractivity contribution in [1.29, 1.82) is 0 Å². The van der Waals surface area contributed by atoms with Crippen LogP contribution in [0.25, 0.3) is 0 Å². The first-order valence-corrected chi connectivity index (χ1v) is 9.23. The van der Waals surface area contributed by atoms with E-state index in [9.17, 15) is 13.5 Å². The summed E-state index contributed by atoms with van der Waals surface area (Å²) in [6, 6.07) is 6.45. The number of hydrogen-bond acceptors (Lipinski definition) is 3. The number of unbranched alkanes of at least 4 members (excludes halogenated alkanes) is 5. The average molecular weight is 313 g/mol. The van der Waals surface area contributed by atoms with Crippen LogP contribution in [0.15, 0.2) is 29.2 Å². The zero-order valence-electron chi connectivity index (χ0n) is 13.0. The minimum atomic E-state index is -3.47. The summed E-state index contributed by atoms with van der Waals surface area (Å²) in [4.78, 5) is 0.215. The molecule has 0 bridgehead atoms. The zero-order valence-corrected chi connectivity index (χ0v) is 13.8. The maximum Gasteiger partial charge on any atom is 0.240 e. The standard InChI is InChI=1S/C16H27NO3S/c1-3-4-5-6-7-8-12-17-21(19,20)16-11-9-10-15(13-16)14(2)18/h9-11,13-14,17-18H,3-8,12H2,1-2H3. The number of aliphatic hydroxyl groups excluding tert-OH is 1. The van der Waals surface area contributed by atoms with Crippen molar-refractivity contribution in [2.45, 2.75) is 63.4 Å². The number of aliphatic hydroxyl groups is 1. The molecule has 0 aliphatic heterocycles. The molecule has 1 aromatic carbocycles. The molecule has 0 heterocycles. The number of nitrogens with one attached hydrogen (secondary N) is 1. The van der Waals surface area contributed by atoms with Gasteiger partial charge in [-0.25, -0.2) is 13.1 Å². The van der Waals surface area contributed by atoms with Crippen LogP contribution in [0, 0.1) is 0 Å². The van der Waals surface area contributed by atoms with E-state index in [1.807, 2.05) is 0 Å². The molecule has 5 heteroatoms. The van der Waals surface area contributed by atoms with E-state index >= 15 is 0 Å². The third kappa shape index (κ3) is 6.59. The number of rotatable bonds is 10. The van der Waals surface area contributed by atoms with Gasteiger partial charge in [-0.3, -0.25) is 0 Å². The van der Waals surface area contributed by atoms with Crippen molar-refractivity contribution >= 4 is 10.0 Å². The van der Waals surface area contributed by atoms with Gasteiger partial charge in [-0.2, -0.15) is 0 Å². The fourth-order valence-corrected chi connectivity index (χ4v) is 3.27. The van der Waals surface area contributed by atoms with Crippen LogP contribution in [0.2, 0.25) is 0 Å². The van der Waals surface area contributed by atoms with Crippen LogP contribution < -0.4 is 4.72 Å².